The molecule has 0 unspecified atom stereocenters. The van der Waals surface area contributed by atoms with E-state index in [-0.39, 0.29) is 0 Å². The van der Waals surface area contributed by atoms with Gasteiger partial charge in [-0.3, -0.25) is 20.1 Å². The third-order valence-corrected chi connectivity index (χ3v) is 5.55. The second-order valence-electron chi connectivity index (χ2n) is 7.90. The molecule has 160 valence electrons. The number of pyridine rings is 4. The van der Waals surface area contributed by atoms with E-state index in [0.29, 0.717) is 17.2 Å². The average molecular weight is 433 g/mol. The van der Waals surface area contributed by atoms with E-state index in [9.17, 15) is 0 Å². The number of rotatable bonds is 4. The Labute approximate surface area is 188 Å². The summed E-state index contributed by atoms with van der Waals surface area (Å²) in [6.45, 7) is 0. The van der Waals surface area contributed by atoms with Crippen LogP contribution < -0.4 is 4.90 Å². The summed E-state index contributed by atoms with van der Waals surface area (Å²) in [5, 5.41) is 8.39. The molecule has 9 heteroatoms. The first-order valence-electron chi connectivity index (χ1n) is 10.4. The van der Waals surface area contributed by atoms with Gasteiger partial charge in [0.05, 0.1) is 28.5 Å². The molecule has 0 saturated carbocycles. The summed E-state index contributed by atoms with van der Waals surface area (Å²) in [5.74, 6) is 0.647. The molecule has 0 radical (unpaired) electrons. The number of anilines is 1. The Morgan fingerprint density at radius 1 is 0.818 bits per heavy atom. The highest BCUT2D eigenvalue weighted by atomic mass is 15.2. The molecule has 0 atom stereocenters. The molecule has 33 heavy (non-hydrogen) atoms. The van der Waals surface area contributed by atoms with Gasteiger partial charge in [-0.1, -0.05) is 0 Å². The van der Waals surface area contributed by atoms with Crippen LogP contribution in [0.5, 0.6) is 0 Å². The topological polar surface area (TPSA) is 112 Å². The maximum atomic E-state index is 4.85. The molecular weight excluding hydrogens is 414 g/mol. The van der Waals surface area contributed by atoms with Gasteiger partial charge in [0.2, 0.25) is 0 Å². The van der Waals surface area contributed by atoms with Gasteiger partial charge in [-0.15, -0.1) is 0 Å². The lowest BCUT2D eigenvalue weighted by molar-refractivity contribution is 1.09. The quantitative estimate of drug-likeness (QED) is 0.431. The van der Waals surface area contributed by atoms with Crippen molar-refractivity contribution in [3.63, 3.8) is 0 Å². The first-order valence-corrected chi connectivity index (χ1v) is 10.4. The van der Waals surface area contributed by atoms with Crippen molar-refractivity contribution >= 4 is 27.8 Å². The van der Waals surface area contributed by atoms with Gasteiger partial charge < -0.3 is 9.88 Å². The van der Waals surface area contributed by atoms with Crippen molar-refractivity contribution in [2.24, 2.45) is 0 Å². The number of aromatic nitrogens is 8. The lowest BCUT2D eigenvalue weighted by Crippen LogP contribution is -2.08. The highest BCUT2D eigenvalue weighted by Gasteiger charge is 2.17. The molecule has 0 aliphatic rings. The number of nitrogens with zero attached hydrogens (tertiary/aromatic N) is 7. The van der Waals surface area contributed by atoms with Crippen molar-refractivity contribution < 1.29 is 0 Å². The predicted molar refractivity (Wildman–Crippen MR) is 128 cm³/mol. The molecule has 0 fully saturated rings. The van der Waals surface area contributed by atoms with Crippen LogP contribution in [0.2, 0.25) is 0 Å². The van der Waals surface area contributed by atoms with Gasteiger partial charge in [0.15, 0.2) is 11.5 Å². The van der Waals surface area contributed by atoms with Crippen LogP contribution >= 0.6 is 0 Å². The average Bonchev–Trinajstić information content (AvgIpc) is 3.48. The molecule has 0 saturated heterocycles. The Morgan fingerprint density at radius 2 is 1.70 bits per heavy atom. The predicted octanol–water partition coefficient (Wildman–Crippen LogP) is 4.09. The Balaban J connectivity index is 1.48. The van der Waals surface area contributed by atoms with E-state index in [0.717, 1.165) is 44.5 Å². The molecule has 6 aromatic heterocycles. The molecule has 0 spiro atoms. The van der Waals surface area contributed by atoms with E-state index in [2.05, 4.69) is 47.2 Å². The number of hydrogen-bond acceptors (Lipinski definition) is 7. The zero-order valence-corrected chi connectivity index (χ0v) is 18.0. The number of H-pyrrole nitrogens is 2. The van der Waals surface area contributed by atoms with Gasteiger partial charge >= 0.3 is 0 Å². The SMILES string of the molecule is CN(C)c1cncc(-c2cnc3[nH]nc(-c4nc5c(-c6cccnc6)nccc5[nH]4)c3c2)c1. The monoisotopic (exact) mass is 433 g/mol. The molecule has 6 rings (SSSR count). The van der Waals surface area contributed by atoms with E-state index in [1.165, 1.54) is 0 Å². The number of imidazole rings is 1. The molecule has 9 nitrogen and oxygen atoms in total. The normalized spacial score (nSPS) is 11.3. The fraction of sp³-hybridized carbons (Fsp3) is 0.0833. The van der Waals surface area contributed by atoms with Gasteiger partial charge in [0.25, 0.3) is 0 Å². The summed E-state index contributed by atoms with van der Waals surface area (Å²) >= 11 is 0. The molecule has 0 aliphatic heterocycles. The third-order valence-electron chi connectivity index (χ3n) is 5.55. The molecule has 0 amide bonds. The van der Waals surface area contributed by atoms with Crippen LogP contribution in [0, 0.1) is 0 Å². The number of aromatic amines is 2. The Morgan fingerprint density at radius 3 is 2.55 bits per heavy atom. The summed E-state index contributed by atoms with van der Waals surface area (Å²) in [6, 6.07) is 9.91. The zero-order valence-electron chi connectivity index (χ0n) is 18.0. The van der Waals surface area contributed by atoms with Gasteiger partial charge in [0, 0.05) is 61.8 Å². The van der Waals surface area contributed by atoms with Gasteiger partial charge in [0.1, 0.15) is 11.2 Å². The Kier molecular flexibility index (Phi) is 4.32. The lowest BCUT2D eigenvalue weighted by Gasteiger charge is -2.12. The molecule has 6 aromatic rings. The van der Waals surface area contributed by atoms with Crippen molar-refractivity contribution in [3.8, 4) is 33.9 Å². The van der Waals surface area contributed by atoms with Crippen LogP contribution in [0.1, 0.15) is 0 Å². The molecule has 6 heterocycles. The number of hydrogen-bond donors (Lipinski definition) is 2. The molecule has 0 aromatic carbocycles. The van der Waals surface area contributed by atoms with Gasteiger partial charge in [-0.25, -0.2) is 9.97 Å². The lowest BCUT2D eigenvalue weighted by atomic mass is 10.1. The maximum absolute atomic E-state index is 4.85. The standard InChI is InChI=1S/C24H19N9/c1-33(2)17-8-15(11-26-13-17)16-9-18-21(31-32-23(18)28-12-16)24-29-19-5-7-27-20(22(19)30-24)14-4-3-6-25-10-14/h3-13H,1-2H3,(H,29,30)(H,28,31,32). The van der Waals surface area contributed by atoms with Crippen molar-refractivity contribution in [1.29, 1.82) is 0 Å². The van der Waals surface area contributed by atoms with E-state index in [4.69, 9.17) is 4.98 Å². The molecule has 0 bridgehead atoms. The van der Waals surface area contributed by atoms with Gasteiger partial charge in [-0.2, -0.15) is 5.10 Å². The van der Waals surface area contributed by atoms with Crippen LogP contribution in [0.4, 0.5) is 5.69 Å². The highest BCUT2D eigenvalue weighted by molar-refractivity contribution is 5.96. The minimum absolute atomic E-state index is 0.647. The minimum Gasteiger partial charge on any atom is -0.376 e. The van der Waals surface area contributed by atoms with E-state index in [1.807, 2.05) is 55.8 Å². The van der Waals surface area contributed by atoms with Crippen molar-refractivity contribution in [2.75, 3.05) is 19.0 Å². The van der Waals surface area contributed by atoms with Crippen LogP contribution in [0.25, 0.3) is 56.0 Å². The second-order valence-corrected chi connectivity index (χ2v) is 7.90. The van der Waals surface area contributed by atoms with Crippen LogP contribution in [-0.2, 0) is 0 Å². The summed E-state index contributed by atoms with van der Waals surface area (Å²) in [4.78, 5) is 27.9. The largest absolute Gasteiger partial charge is 0.376 e. The van der Waals surface area contributed by atoms with Crippen molar-refractivity contribution in [2.45, 2.75) is 0 Å². The van der Waals surface area contributed by atoms with Gasteiger partial charge in [-0.05, 0) is 30.3 Å². The van der Waals surface area contributed by atoms with Crippen LogP contribution in [-0.4, -0.2) is 54.2 Å². The summed E-state index contributed by atoms with van der Waals surface area (Å²) in [7, 11) is 3.99. The summed E-state index contributed by atoms with van der Waals surface area (Å²) < 4.78 is 0. The smallest absolute Gasteiger partial charge is 0.159 e. The van der Waals surface area contributed by atoms with E-state index < -0.39 is 0 Å². The second kappa shape index (κ2) is 7.49. The minimum atomic E-state index is 0.647. The van der Waals surface area contributed by atoms with Crippen LogP contribution in [0.3, 0.4) is 0 Å². The molecule has 2 N–H and O–H groups in total. The molecular formula is C24H19N9. The maximum Gasteiger partial charge on any atom is 0.159 e. The molecule has 0 aliphatic carbocycles. The van der Waals surface area contributed by atoms with Crippen molar-refractivity contribution in [3.05, 3.63) is 67.5 Å². The number of nitrogens with one attached hydrogen (secondary N) is 2. The zero-order chi connectivity index (χ0) is 22.4. The van der Waals surface area contributed by atoms with Crippen molar-refractivity contribution in [1.82, 2.24) is 40.1 Å². The Hall–Kier alpha value is -4.66. The first kappa shape index (κ1) is 19.1. The van der Waals surface area contributed by atoms with E-state index in [1.54, 1.807) is 18.6 Å². The summed E-state index contributed by atoms with van der Waals surface area (Å²) in [5.41, 5.74) is 7.67. The highest BCUT2D eigenvalue weighted by Crippen LogP contribution is 2.31. The van der Waals surface area contributed by atoms with Crippen LogP contribution in [0.15, 0.2) is 67.5 Å². The fourth-order valence-corrected chi connectivity index (χ4v) is 3.83. The summed E-state index contributed by atoms with van der Waals surface area (Å²) in [6.07, 6.45) is 10.8. The fourth-order valence-electron chi connectivity index (χ4n) is 3.83. The third kappa shape index (κ3) is 3.26. The first-order chi connectivity index (χ1) is 16.2. The number of fused-ring (bicyclic) bond motifs is 2. The van der Waals surface area contributed by atoms with E-state index >= 15 is 0 Å². The Bertz CT molecular complexity index is 1600.